The SMILES string of the molecule is C=CCNS(=O)(=O)c1ccc(C(=O)NCc2ccc(N(C)C)cc2)cc1. The maximum absolute atomic E-state index is 12.2. The third-order valence-electron chi connectivity index (χ3n) is 3.75. The van der Waals surface area contributed by atoms with Crippen molar-refractivity contribution in [2.24, 2.45) is 0 Å². The summed E-state index contributed by atoms with van der Waals surface area (Å²) < 4.78 is 26.4. The van der Waals surface area contributed by atoms with Crippen LogP contribution in [-0.4, -0.2) is 35.0 Å². The van der Waals surface area contributed by atoms with Crippen LogP contribution in [0.5, 0.6) is 0 Å². The number of hydrogen-bond acceptors (Lipinski definition) is 4. The van der Waals surface area contributed by atoms with E-state index in [2.05, 4.69) is 16.6 Å². The fourth-order valence-electron chi connectivity index (χ4n) is 2.23. The number of rotatable bonds is 8. The predicted octanol–water partition coefficient (Wildman–Crippen LogP) is 2.15. The number of hydrogen-bond donors (Lipinski definition) is 2. The zero-order chi connectivity index (χ0) is 19.2. The molecule has 0 aliphatic heterocycles. The fourth-order valence-corrected chi connectivity index (χ4v) is 3.23. The van der Waals surface area contributed by atoms with Crippen molar-refractivity contribution < 1.29 is 13.2 Å². The van der Waals surface area contributed by atoms with Crippen LogP contribution in [0, 0.1) is 0 Å². The van der Waals surface area contributed by atoms with Crippen molar-refractivity contribution in [3.63, 3.8) is 0 Å². The maximum Gasteiger partial charge on any atom is 0.251 e. The van der Waals surface area contributed by atoms with Gasteiger partial charge < -0.3 is 10.2 Å². The first-order chi connectivity index (χ1) is 12.3. The Morgan fingerprint density at radius 1 is 1.08 bits per heavy atom. The van der Waals surface area contributed by atoms with Gasteiger partial charge in [0.05, 0.1) is 4.90 Å². The van der Waals surface area contributed by atoms with Crippen LogP contribution in [0.1, 0.15) is 15.9 Å². The molecule has 0 unspecified atom stereocenters. The van der Waals surface area contributed by atoms with E-state index in [1.807, 2.05) is 43.3 Å². The van der Waals surface area contributed by atoms with Crippen LogP contribution >= 0.6 is 0 Å². The van der Waals surface area contributed by atoms with Crippen molar-refractivity contribution >= 4 is 21.6 Å². The lowest BCUT2D eigenvalue weighted by atomic mass is 10.2. The minimum absolute atomic E-state index is 0.107. The Bertz CT molecular complexity index is 858. The van der Waals surface area contributed by atoms with Crippen LogP contribution in [0.2, 0.25) is 0 Å². The molecule has 0 aliphatic rings. The molecule has 2 aromatic rings. The van der Waals surface area contributed by atoms with Crippen LogP contribution in [0.4, 0.5) is 5.69 Å². The summed E-state index contributed by atoms with van der Waals surface area (Å²) in [4.78, 5) is 14.3. The Morgan fingerprint density at radius 3 is 2.23 bits per heavy atom. The summed E-state index contributed by atoms with van der Waals surface area (Å²) >= 11 is 0. The summed E-state index contributed by atoms with van der Waals surface area (Å²) in [5, 5.41) is 2.83. The molecule has 0 spiro atoms. The van der Waals surface area contributed by atoms with Gasteiger partial charge >= 0.3 is 0 Å². The van der Waals surface area contributed by atoms with Gasteiger partial charge in [-0.3, -0.25) is 4.79 Å². The highest BCUT2D eigenvalue weighted by atomic mass is 32.2. The highest BCUT2D eigenvalue weighted by Gasteiger charge is 2.13. The number of amides is 1. The second-order valence-electron chi connectivity index (χ2n) is 5.91. The Labute approximate surface area is 154 Å². The molecule has 0 aromatic heterocycles. The van der Waals surface area contributed by atoms with E-state index in [4.69, 9.17) is 0 Å². The highest BCUT2D eigenvalue weighted by molar-refractivity contribution is 7.89. The molecule has 26 heavy (non-hydrogen) atoms. The normalized spacial score (nSPS) is 11.0. The van der Waals surface area contributed by atoms with Gasteiger partial charge in [-0.15, -0.1) is 6.58 Å². The van der Waals surface area contributed by atoms with Gasteiger partial charge in [-0.2, -0.15) is 0 Å². The molecule has 0 bridgehead atoms. The summed E-state index contributed by atoms with van der Waals surface area (Å²) in [5.74, 6) is -0.260. The first-order valence-electron chi connectivity index (χ1n) is 8.08. The molecule has 6 nitrogen and oxygen atoms in total. The van der Waals surface area contributed by atoms with Crippen LogP contribution in [-0.2, 0) is 16.6 Å². The monoisotopic (exact) mass is 373 g/mol. The molecule has 0 fully saturated rings. The molecule has 138 valence electrons. The number of anilines is 1. The zero-order valence-electron chi connectivity index (χ0n) is 14.9. The lowest BCUT2D eigenvalue weighted by molar-refractivity contribution is 0.0951. The minimum atomic E-state index is -3.59. The second kappa shape index (κ2) is 8.64. The van der Waals surface area contributed by atoms with E-state index in [1.165, 1.54) is 30.3 Å². The highest BCUT2D eigenvalue weighted by Crippen LogP contribution is 2.13. The van der Waals surface area contributed by atoms with Crippen molar-refractivity contribution in [2.45, 2.75) is 11.4 Å². The quantitative estimate of drug-likeness (QED) is 0.695. The van der Waals surface area contributed by atoms with Crippen LogP contribution in [0.3, 0.4) is 0 Å². The summed E-state index contributed by atoms with van der Waals surface area (Å²) in [7, 11) is 0.343. The van der Waals surface area contributed by atoms with Gasteiger partial charge in [0.2, 0.25) is 10.0 Å². The molecule has 0 heterocycles. The standard InChI is InChI=1S/C19H23N3O3S/c1-4-13-21-26(24,25)18-11-7-16(8-12-18)19(23)20-14-15-5-9-17(10-6-15)22(2)3/h4-12,21H,1,13-14H2,2-3H3,(H,20,23). The third kappa shape index (κ3) is 5.18. The molecule has 2 aromatic carbocycles. The Balaban J connectivity index is 1.98. The van der Waals surface area contributed by atoms with Gasteiger partial charge in [0.1, 0.15) is 0 Å². The predicted molar refractivity (Wildman–Crippen MR) is 104 cm³/mol. The van der Waals surface area contributed by atoms with Gasteiger partial charge in [0.25, 0.3) is 5.91 Å². The maximum atomic E-state index is 12.2. The summed E-state index contributed by atoms with van der Waals surface area (Å²) in [6, 6.07) is 13.7. The Hall–Kier alpha value is -2.64. The molecule has 0 saturated carbocycles. The first kappa shape index (κ1) is 19.7. The topological polar surface area (TPSA) is 78.5 Å². The average molecular weight is 373 g/mol. The molecular weight excluding hydrogens is 350 g/mol. The largest absolute Gasteiger partial charge is 0.378 e. The van der Waals surface area contributed by atoms with Crippen molar-refractivity contribution in [1.82, 2.24) is 10.0 Å². The molecule has 2 rings (SSSR count). The number of benzene rings is 2. The molecule has 0 saturated heterocycles. The van der Waals surface area contributed by atoms with E-state index in [9.17, 15) is 13.2 Å². The van der Waals surface area contributed by atoms with Gasteiger partial charge in [-0.05, 0) is 42.0 Å². The summed E-state index contributed by atoms with van der Waals surface area (Å²) in [6.07, 6.45) is 1.46. The summed E-state index contributed by atoms with van der Waals surface area (Å²) in [5.41, 5.74) is 2.47. The van der Waals surface area contributed by atoms with Gasteiger partial charge in [0, 0.05) is 38.4 Å². The molecule has 1 amide bonds. The fraction of sp³-hybridized carbons (Fsp3) is 0.211. The number of nitrogens with one attached hydrogen (secondary N) is 2. The zero-order valence-corrected chi connectivity index (χ0v) is 15.7. The van der Waals surface area contributed by atoms with E-state index < -0.39 is 10.0 Å². The van der Waals surface area contributed by atoms with Crippen molar-refractivity contribution in [2.75, 3.05) is 25.5 Å². The van der Waals surface area contributed by atoms with Crippen molar-refractivity contribution in [3.05, 3.63) is 72.3 Å². The minimum Gasteiger partial charge on any atom is -0.378 e. The van der Waals surface area contributed by atoms with Crippen molar-refractivity contribution in [3.8, 4) is 0 Å². The Kier molecular flexibility index (Phi) is 6.54. The van der Waals surface area contributed by atoms with E-state index in [-0.39, 0.29) is 17.3 Å². The van der Waals surface area contributed by atoms with E-state index >= 15 is 0 Å². The molecular formula is C19H23N3O3S. The molecule has 0 radical (unpaired) electrons. The average Bonchev–Trinajstić information content (AvgIpc) is 2.65. The Morgan fingerprint density at radius 2 is 1.69 bits per heavy atom. The summed E-state index contributed by atoms with van der Waals surface area (Å²) in [6.45, 7) is 4.02. The van der Waals surface area contributed by atoms with Crippen LogP contribution in [0.25, 0.3) is 0 Å². The van der Waals surface area contributed by atoms with Gasteiger partial charge in [-0.25, -0.2) is 13.1 Å². The van der Waals surface area contributed by atoms with Crippen LogP contribution < -0.4 is 14.9 Å². The van der Waals surface area contributed by atoms with E-state index in [0.29, 0.717) is 12.1 Å². The lowest BCUT2D eigenvalue weighted by Crippen LogP contribution is -2.24. The first-order valence-corrected chi connectivity index (χ1v) is 9.57. The number of nitrogens with zero attached hydrogens (tertiary/aromatic N) is 1. The van der Waals surface area contributed by atoms with E-state index in [0.717, 1.165) is 11.3 Å². The van der Waals surface area contributed by atoms with Crippen LogP contribution in [0.15, 0.2) is 66.1 Å². The molecule has 0 aliphatic carbocycles. The van der Waals surface area contributed by atoms with Gasteiger partial charge in [-0.1, -0.05) is 18.2 Å². The second-order valence-corrected chi connectivity index (χ2v) is 7.68. The molecule has 0 atom stereocenters. The lowest BCUT2D eigenvalue weighted by Gasteiger charge is -2.13. The van der Waals surface area contributed by atoms with E-state index in [1.54, 1.807) is 0 Å². The number of sulfonamides is 1. The smallest absolute Gasteiger partial charge is 0.251 e. The molecule has 7 heteroatoms. The molecule has 2 N–H and O–H groups in total. The van der Waals surface area contributed by atoms with Gasteiger partial charge in [0.15, 0.2) is 0 Å². The number of carbonyl (C=O) groups excluding carboxylic acids is 1. The van der Waals surface area contributed by atoms with Crippen molar-refractivity contribution in [1.29, 1.82) is 0 Å². The number of carbonyl (C=O) groups is 1. The third-order valence-corrected chi connectivity index (χ3v) is 5.19.